The van der Waals surface area contributed by atoms with Crippen LogP contribution in [0.15, 0.2) is 42.7 Å². The fourth-order valence-corrected chi connectivity index (χ4v) is 4.53. The molecule has 1 aromatic heterocycles. The molecule has 2 aliphatic rings. The largest absolute Gasteiger partial charge is 0.490 e. The summed E-state index contributed by atoms with van der Waals surface area (Å²) in [6.07, 6.45) is 0.722. The van der Waals surface area contributed by atoms with Gasteiger partial charge in [0.1, 0.15) is 0 Å². The molecule has 2 saturated heterocycles. The number of carboxylic acids is 1. The van der Waals surface area contributed by atoms with Crippen LogP contribution in [0.5, 0.6) is 0 Å². The molecule has 0 bridgehead atoms. The van der Waals surface area contributed by atoms with Crippen LogP contribution < -0.4 is 0 Å². The summed E-state index contributed by atoms with van der Waals surface area (Å²) in [7, 11) is 0. The number of carbonyl (C=O) groups is 2. The molecule has 0 aliphatic carbocycles. The molecule has 1 aromatic carbocycles. The van der Waals surface area contributed by atoms with Crippen LogP contribution in [0.25, 0.3) is 0 Å². The van der Waals surface area contributed by atoms with Gasteiger partial charge in [-0.3, -0.25) is 14.4 Å². The van der Waals surface area contributed by atoms with Gasteiger partial charge in [-0.1, -0.05) is 30.3 Å². The number of aliphatic carboxylic acids is 1. The van der Waals surface area contributed by atoms with Crippen molar-refractivity contribution in [2.24, 2.45) is 0 Å². The molecule has 0 spiro atoms. The molecular formula is C23H29F3N4O3. The number of aromatic nitrogens is 2. The van der Waals surface area contributed by atoms with E-state index in [1.54, 1.807) is 0 Å². The first kappa shape index (κ1) is 24.8. The van der Waals surface area contributed by atoms with Gasteiger partial charge >= 0.3 is 12.1 Å². The second-order valence-corrected chi connectivity index (χ2v) is 8.71. The van der Waals surface area contributed by atoms with E-state index in [-0.39, 0.29) is 6.04 Å². The van der Waals surface area contributed by atoms with Crippen LogP contribution in [-0.4, -0.2) is 61.4 Å². The Morgan fingerprint density at radius 2 is 1.82 bits per heavy atom. The number of carboxylic acid groups (broad SMARTS) is 1. The Labute approximate surface area is 190 Å². The van der Waals surface area contributed by atoms with Crippen LogP contribution in [0.1, 0.15) is 56.8 Å². The highest BCUT2D eigenvalue weighted by Crippen LogP contribution is 2.38. The Morgan fingerprint density at radius 3 is 2.36 bits per heavy atom. The maximum atomic E-state index is 12.8. The first-order valence-electron chi connectivity index (χ1n) is 10.9. The number of rotatable bonds is 5. The Balaban J connectivity index is 0.000000383. The number of hydrogen-bond acceptors (Lipinski definition) is 4. The summed E-state index contributed by atoms with van der Waals surface area (Å²) in [5, 5.41) is 11.6. The number of halogens is 3. The lowest BCUT2D eigenvalue weighted by Gasteiger charge is -2.31. The molecule has 3 heterocycles. The molecule has 1 N–H and O–H groups in total. The van der Waals surface area contributed by atoms with E-state index in [0.29, 0.717) is 30.5 Å². The van der Waals surface area contributed by atoms with Crippen LogP contribution in [0.2, 0.25) is 0 Å². The predicted molar refractivity (Wildman–Crippen MR) is 115 cm³/mol. The van der Waals surface area contributed by atoms with E-state index in [1.165, 1.54) is 11.1 Å². The summed E-state index contributed by atoms with van der Waals surface area (Å²) in [6, 6.07) is 11.6. The first-order valence-corrected chi connectivity index (χ1v) is 10.9. The van der Waals surface area contributed by atoms with Gasteiger partial charge in [0.05, 0.1) is 12.2 Å². The fourth-order valence-electron chi connectivity index (χ4n) is 4.53. The Hall–Kier alpha value is -2.88. The summed E-state index contributed by atoms with van der Waals surface area (Å²) in [5.41, 5.74) is 2.46. The highest BCUT2D eigenvalue weighted by atomic mass is 19.4. The van der Waals surface area contributed by atoms with Crippen LogP contribution in [0.4, 0.5) is 13.2 Å². The zero-order valence-corrected chi connectivity index (χ0v) is 18.9. The lowest BCUT2D eigenvalue weighted by Crippen LogP contribution is -2.38. The van der Waals surface area contributed by atoms with Gasteiger partial charge in [0.25, 0.3) is 0 Å². The summed E-state index contributed by atoms with van der Waals surface area (Å²) in [5.74, 6) is -2.47. The van der Waals surface area contributed by atoms with Crippen LogP contribution >= 0.6 is 0 Å². The van der Waals surface area contributed by atoms with Crippen molar-refractivity contribution in [3.8, 4) is 0 Å². The van der Waals surface area contributed by atoms with Crippen molar-refractivity contribution in [1.82, 2.24) is 19.6 Å². The van der Waals surface area contributed by atoms with Gasteiger partial charge in [-0.25, -0.2) is 4.79 Å². The minimum Gasteiger partial charge on any atom is -0.475 e. The minimum atomic E-state index is -5.08. The third-order valence-corrected chi connectivity index (χ3v) is 6.17. The van der Waals surface area contributed by atoms with E-state index in [2.05, 4.69) is 66.1 Å². The van der Waals surface area contributed by atoms with Crippen molar-refractivity contribution >= 4 is 11.9 Å². The zero-order valence-electron chi connectivity index (χ0n) is 18.9. The van der Waals surface area contributed by atoms with Gasteiger partial charge in [0.2, 0.25) is 5.91 Å². The average molecular weight is 467 g/mol. The molecule has 180 valence electrons. The van der Waals surface area contributed by atoms with Crippen molar-refractivity contribution in [3.63, 3.8) is 0 Å². The lowest BCUT2D eigenvalue weighted by molar-refractivity contribution is -0.192. The maximum absolute atomic E-state index is 12.8. The number of amides is 1. The highest BCUT2D eigenvalue weighted by molar-refractivity contribution is 5.80. The van der Waals surface area contributed by atoms with Crippen molar-refractivity contribution in [2.45, 2.75) is 70.5 Å². The second kappa shape index (κ2) is 9.94. The smallest absolute Gasteiger partial charge is 0.475 e. The topological polar surface area (TPSA) is 78.7 Å². The van der Waals surface area contributed by atoms with E-state index in [0.717, 1.165) is 19.5 Å². The van der Waals surface area contributed by atoms with Gasteiger partial charge in [0, 0.05) is 49.4 Å². The summed E-state index contributed by atoms with van der Waals surface area (Å²) < 4.78 is 33.7. The van der Waals surface area contributed by atoms with Crippen LogP contribution in [0, 0.1) is 0 Å². The molecule has 0 saturated carbocycles. The van der Waals surface area contributed by atoms with Crippen LogP contribution in [-0.2, 0) is 16.1 Å². The number of hydrogen-bond donors (Lipinski definition) is 1. The third kappa shape index (κ3) is 5.73. The van der Waals surface area contributed by atoms with Crippen molar-refractivity contribution in [1.29, 1.82) is 0 Å². The molecule has 1 amide bonds. The van der Waals surface area contributed by atoms with E-state index in [4.69, 9.17) is 9.90 Å². The minimum absolute atomic E-state index is 0.141. The molecule has 10 heteroatoms. The Morgan fingerprint density at radius 1 is 1.18 bits per heavy atom. The summed E-state index contributed by atoms with van der Waals surface area (Å²) >= 11 is 0. The molecule has 2 aliphatic heterocycles. The van der Waals surface area contributed by atoms with Gasteiger partial charge in [-0.15, -0.1) is 0 Å². The molecule has 3 atom stereocenters. The third-order valence-electron chi connectivity index (χ3n) is 6.17. The van der Waals surface area contributed by atoms with Gasteiger partial charge in [-0.05, 0) is 32.8 Å². The van der Waals surface area contributed by atoms with Gasteiger partial charge in [-0.2, -0.15) is 18.3 Å². The van der Waals surface area contributed by atoms with E-state index in [9.17, 15) is 18.0 Å². The molecular weight excluding hydrogens is 437 g/mol. The Kier molecular flexibility index (Phi) is 7.46. The standard InChI is InChI=1S/C21H28N4O.C2HF3O2/c1-15(2)24-14-17(12-22-24)13-23-10-9-19-20(23)11-21(26)25(19)16(3)18-7-5-4-6-8-18;3-2(4,5)1(6)7/h4-8,12,14-16,19-20H,9-11,13H2,1-3H3;(H,6,7)/t16?,19-,20-;/m0./s1. The van der Waals surface area contributed by atoms with Crippen LogP contribution in [0.3, 0.4) is 0 Å². The normalized spacial score (nSPS) is 21.7. The highest BCUT2D eigenvalue weighted by Gasteiger charge is 2.48. The summed E-state index contributed by atoms with van der Waals surface area (Å²) in [6.45, 7) is 8.37. The van der Waals surface area contributed by atoms with E-state index in [1.807, 2.05) is 16.9 Å². The average Bonchev–Trinajstić information content (AvgIpc) is 3.45. The lowest BCUT2D eigenvalue weighted by atomic mass is 10.0. The van der Waals surface area contributed by atoms with E-state index < -0.39 is 12.1 Å². The van der Waals surface area contributed by atoms with Gasteiger partial charge in [0.15, 0.2) is 0 Å². The SMILES string of the molecule is CC(c1ccccc1)N1C(=O)C[C@H]2[C@@H]1CCN2Cc1cnn(C(C)C)c1.O=C(O)C(F)(F)F. The first-order chi connectivity index (χ1) is 15.5. The molecule has 2 aromatic rings. The zero-order chi connectivity index (χ0) is 24.3. The number of carbonyl (C=O) groups excluding carboxylic acids is 1. The number of likely N-dealkylation sites (tertiary alicyclic amines) is 2. The number of alkyl halides is 3. The van der Waals surface area contributed by atoms with E-state index >= 15 is 0 Å². The number of nitrogens with zero attached hydrogens (tertiary/aromatic N) is 4. The molecule has 0 radical (unpaired) electrons. The number of fused-ring (bicyclic) bond motifs is 1. The maximum Gasteiger partial charge on any atom is 0.490 e. The van der Waals surface area contributed by atoms with Crippen molar-refractivity contribution in [3.05, 3.63) is 53.9 Å². The Bertz CT molecular complexity index is 961. The predicted octanol–water partition coefficient (Wildman–Crippen LogP) is 4.03. The molecule has 4 rings (SSSR count). The summed E-state index contributed by atoms with van der Waals surface area (Å²) in [4.78, 5) is 26.3. The second-order valence-electron chi connectivity index (χ2n) is 8.71. The molecule has 33 heavy (non-hydrogen) atoms. The molecule has 2 fully saturated rings. The van der Waals surface area contributed by atoms with Crippen molar-refractivity contribution in [2.75, 3.05) is 6.54 Å². The molecule has 1 unspecified atom stereocenters. The van der Waals surface area contributed by atoms with Crippen molar-refractivity contribution < 1.29 is 27.9 Å². The monoisotopic (exact) mass is 466 g/mol. The van der Waals surface area contributed by atoms with Gasteiger partial charge < -0.3 is 10.0 Å². The quantitative estimate of drug-likeness (QED) is 0.720. The fraction of sp³-hybridized carbons (Fsp3) is 0.522. The molecule has 7 nitrogen and oxygen atoms in total. The number of benzene rings is 1.